The minimum atomic E-state index is -3.61. The molecular formula is C11H14N2O2S2. The van der Waals surface area contributed by atoms with Gasteiger partial charge in [-0.3, -0.25) is 0 Å². The van der Waals surface area contributed by atoms with Gasteiger partial charge in [0.1, 0.15) is 0 Å². The van der Waals surface area contributed by atoms with Crippen molar-refractivity contribution in [2.24, 2.45) is 5.14 Å². The van der Waals surface area contributed by atoms with Crippen LogP contribution in [0.25, 0.3) is 0 Å². The Balaban J connectivity index is 2.44. The number of nitrogens with one attached hydrogen (secondary N) is 1. The molecule has 0 radical (unpaired) electrons. The van der Waals surface area contributed by atoms with E-state index in [2.05, 4.69) is 11.2 Å². The summed E-state index contributed by atoms with van der Waals surface area (Å²) >= 11 is 1.67. The summed E-state index contributed by atoms with van der Waals surface area (Å²) in [7, 11) is -3.61. The number of rotatable bonds is 6. The Morgan fingerprint density at radius 2 is 2.00 bits per heavy atom. The smallest absolute Gasteiger partial charge is 0.238 e. The van der Waals surface area contributed by atoms with Crippen molar-refractivity contribution in [3.63, 3.8) is 0 Å². The van der Waals surface area contributed by atoms with Crippen molar-refractivity contribution >= 4 is 27.5 Å². The SMILES string of the molecule is C#CCSCCNc1ccc(S(N)(=O)=O)cc1. The van der Waals surface area contributed by atoms with Crippen LogP contribution in [-0.2, 0) is 10.0 Å². The molecule has 0 atom stereocenters. The van der Waals surface area contributed by atoms with Crippen LogP contribution in [-0.4, -0.2) is 26.5 Å². The number of nitrogens with two attached hydrogens (primary N) is 1. The van der Waals surface area contributed by atoms with Gasteiger partial charge in [-0.2, -0.15) is 0 Å². The molecule has 17 heavy (non-hydrogen) atoms. The van der Waals surface area contributed by atoms with E-state index in [4.69, 9.17) is 11.6 Å². The number of hydrogen-bond acceptors (Lipinski definition) is 4. The number of sulfonamides is 1. The summed E-state index contributed by atoms with van der Waals surface area (Å²) in [6.45, 7) is 0.779. The maximum atomic E-state index is 11.0. The van der Waals surface area contributed by atoms with E-state index in [0.717, 1.165) is 18.0 Å². The van der Waals surface area contributed by atoms with Gasteiger partial charge in [-0.05, 0) is 24.3 Å². The zero-order valence-electron chi connectivity index (χ0n) is 9.22. The molecular weight excluding hydrogens is 256 g/mol. The quantitative estimate of drug-likeness (QED) is 0.600. The number of thioether (sulfide) groups is 1. The van der Waals surface area contributed by atoms with E-state index in [0.29, 0.717) is 5.75 Å². The summed E-state index contributed by atoms with van der Waals surface area (Å²) in [5, 5.41) is 8.15. The molecule has 1 rings (SSSR count). The average molecular weight is 270 g/mol. The Kier molecular flexibility index (Phi) is 5.35. The van der Waals surface area contributed by atoms with E-state index < -0.39 is 10.0 Å². The summed E-state index contributed by atoms with van der Waals surface area (Å²) in [6.07, 6.45) is 5.12. The van der Waals surface area contributed by atoms with Gasteiger partial charge in [0.05, 0.1) is 10.6 Å². The molecule has 0 amide bonds. The van der Waals surface area contributed by atoms with Crippen LogP contribution in [0.2, 0.25) is 0 Å². The summed E-state index contributed by atoms with van der Waals surface area (Å²) in [5.41, 5.74) is 0.860. The Morgan fingerprint density at radius 3 is 2.53 bits per heavy atom. The molecule has 0 saturated heterocycles. The third-order valence-electron chi connectivity index (χ3n) is 1.94. The molecule has 0 bridgehead atoms. The second-order valence-corrected chi connectivity index (χ2v) is 5.92. The fourth-order valence-electron chi connectivity index (χ4n) is 1.16. The van der Waals surface area contributed by atoms with Crippen LogP contribution < -0.4 is 10.5 Å². The van der Waals surface area contributed by atoms with Crippen molar-refractivity contribution in [1.29, 1.82) is 0 Å². The van der Waals surface area contributed by atoms with Crippen LogP contribution in [0, 0.1) is 12.3 Å². The van der Waals surface area contributed by atoms with E-state index in [9.17, 15) is 8.42 Å². The van der Waals surface area contributed by atoms with Crippen LogP contribution in [0.1, 0.15) is 0 Å². The molecule has 0 aliphatic heterocycles. The highest BCUT2D eigenvalue weighted by Gasteiger charge is 2.06. The van der Waals surface area contributed by atoms with Gasteiger partial charge in [0, 0.05) is 18.0 Å². The van der Waals surface area contributed by atoms with Gasteiger partial charge in [0.2, 0.25) is 10.0 Å². The van der Waals surface area contributed by atoms with E-state index in [-0.39, 0.29) is 4.90 Å². The van der Waals surface area contributed by atoms with Gasteiger partial charge in [-0.25, -0.2) is 13.6 Å². The first-order chi connectivity index (χ1) is 8.04. The topological polar surface area (TPSA) is 72.2 Å². The second kappa shape index (κ2) is 6.55. The lowest BCUT2D eigenvalue weighted by atomic mass is 10.3. The van der Waals surface area contributed by atoms with E-state index in [1.54, 1.807) is 23.9 Å². The first-order valence-electron chi connectivity index (χ1n) is 4.92. The number of primary sulfonamides is 1. The van der Waals surface area contributed by atoms with Crippen molar-refractivity contribution in [2.75, 3.05) is 23.4 Å². The van der Waals surface area contributed by atoms with Gasteiger partial charge in [0.25, 0.3) is 0 Å². The predicted octanol–water partition coefficient (Wildman–Crippen LogP) is 1.11. The van der Waals surface area contributed by atoms with Gasteiger partial charge in [0.15, 0.2) is 0 Å². The molecule has 4 nitrogen and oxygen atoms in total. The number of terminal acetylenes is 1. The highest BCUT2D eigenvalue weighted by Crippen LogP contribution is 2.12. The highest BCUT2D eigenvalue weighted by molar-refractivity contribution is 7.99. The van der Waals surface area contributed by atoms with Crippen LogP contribution in [0.5, 0.6) is 0 Å². The third kappa shape index (κ3) is 5.13. The molecule has 0 unspecified atom stereocenters. The summed E-state index contributed by atoms with van der Waals surface area (Å²) in [4.78, 5) is 0.116. The molecule has 92 valence electrons. The Hall–Kier alpha value is -1.16. The maximum absolute atomic E-state index is 11.0. The van der Waals surface area contributed by atoms with E-state index >= 15 is 0 Å². The first-order valence-corrected chi connectivity index (χ1v) is 7.62. The van der Waals surface area contributed by atoms with Crippen LogP contribution in [0.15, 0.2) is 29.2 Å². The minimum Gasteiger partial charge on any atom is -0.384 e. The number of hydrogen-bond donors (Lipinski definition) is 2. The normalized spacial score (nSPS) is 10.8. The molecule has 0 aromatic heterocycles. The first kappa shape index (κ1) is 13.9. The summed E-state index contributed by atoms with van der Waals surface area (Å²) < 4.78 is 22.0. The molecule has 1 aromatic rings. The summed E-state index contributed by atoms with van der Waals surface area (Å²) in [5.74, 6) is 4.15. The molecule has 1 aromatic carbocycles. The zero-order valence-corrected chi connectivity index (χ0v) is 10.9. The van der Waals surface area contributed by atoms with Gasteiger partial charge < -0.3 is 5.32 Å². The summed E-state index contributed by atoms with van der Waals surface area (Å²) in [6, 6.07) is 6.33. The van der Waals surface area contributed by atoms with Gasteiger partial charge in [-0.15, -0.1) is 18.2 Å². The molecule has 0 saturated carbocycles. The highest BCUT2D eigenvalue weighted by atomic mass is 32.2. The van der Waals surface area contributed by atoms with E-state index in [1.807, 2.05) is 0 Å². The Morgan fingerprint density at radius 1 is 1.35 bits per heavy atom. The monoisotopic (exact) mass is 270 g/mol. The lowest BCUT2D eigenvalue weighted by molar-refractivity contribution is 0.598. The zero-order chi connectivity index (χ0) is 12.7. The van der Waals surface area contributed by atoms with Crippen molar-refractivity contribution < 1.29 is 8.42 Å². The van der Waals surface area contributed by atoms with Crippen molar-refractivity contribution in [2.45, 2.75) is 4.90 Å². The van der Waals surface area contributed by atoms with Crippen LogP contribution in [0.4, 0.5) is 5.69 Å². The Labute approximate surface area is 106 Å². The second-order valence-electron chi connectivity index (χ2n) is 3.25. The molecule has 0 aliphatic rings. The van der Waals surface area contributed by atoms with Crippen molar-refractivity contribution in [3.8, 4) is 12.3 Å². The largest absolute Gasteiger partial charge is 0.384 e. The fourth-order valence-corrected chi connectivity index (χ4v) is 2.19. The molecule has 0 fully saturated rings. The van der Waals surface area contributed by atoms with Crippen LogP contribution >= 0.6 is 11.8 Å². The molecule has 6 heteroatoms. The van der Waals surface area contributed by atoms with Crippen LogP contribution in [0.3, 0.4) is 0 Å². The lowest BCUT2D eigenvalue weighted by Gasteiger charge is -2.06. The number of anilines is 1. The van der Waals surface area contributed by atoms with E-state index in [1.165, 1.54) is 12.1 Å². The third-order valence-corrected chi connectivity index (χ3v) is 3.74. The Bertz CT molecular complexity index is 489. The van der Waals surface area contributed by atoms with Gasteiger partial charge >= 0.3 is 0 Å². The lowest BCUT2D eigenvalue weighted by Crippen LogP contribution is -2.12. The van der Waals surface area contributed by atoms with Crippen molar-refractivity contribution in [1.82, 2.24) is 0 Å². The molecule has 0 aliphatic carbocycles. The molecule has 3 N–H and O–H groups in total. The standard InChI is InChI=1S/C11H14N2O2S2/c1-2-8-16-9-7-13-10-3-5-11(6-4-10)17(12,14)15/h1,3-6,13H,7-9H2,(H2,12,14,15). The average Bonchev–Trinajstić information content (AvgIpc) is 2.28. The maximum Gasteiger partial charge on any atom is 0.238 e. The molecule has 0 spiro atoms. The van der Waals surface area contributed by atoms with Gasteiger partial charge in [-0.1, -0.05) is 5.92 Å². The molecule has 0 heterocycles. The fraction of sp³-hybridized carbons (Fsp3) is 0.273. The van der Waals surface area contributed by atoms with Crippen molar-refractivity contribution in [3.05, 3.63) is 24.3 Å². The predicted molar refractivity (Wildman–Crippen MR) is 72.5 cm³/mol. The number of benzene rings is 1. The minimum absolute atomic E-state index is 0.116.